The highest BCUT2D eigenvalue weighted by atomic mass is 16.5. The molecule has 3 N–H and O–H groups in total. The van der Waals surface area contributed by atoms with Gasteiger partial charge in [-0.25, -0.2) is 0 Å². The van der Waals surface area contributed by atoms with E-state index in [1.165, 1.54) is 161 Å². The lowest BCUT2D eigenvalue weighted by Crippen LogP contribution is -2.46. The second-order valence-electron chi connectivity index (χ2n) is 16.9. The van der Waals surface area contributed by atoms with E-state index in [-0.39, 0.29) is 24.9 Å². The van der Waals surface area contributed by atoms with E-state index in [1.807, 2.05) is 0 Å². The molecule has 0 heterocycles. The van der Waals surface area contributed by atoms with Crippen LogP contribution in [0.2, 0.25) is 0 Å². The van der Waals surface area contributed by atoms with Crippen molar-refractivity contribution in [2.45, 2.75) is 283 Å². The highest BCUT2D eigenvalue weighted by Crippen LogP contribution is 2.18. The van der Waals surface area contributed by atoms with Gasteiger partial charge < -0.3 is 20.3 Å². The molecule has 0 saturated carbocycles. The summed E-state index contributed by atoms with van der Waals surface area (Å²) in [5.41, 5.74) is 0. The third kappa shape index (κ3) is 39.2. The topological polar surface area (TPSA) is 95.9 Å². The fourth-order valence-electron chi connectivity index (χ4n) is 7.59. The van der Waals surface area contributed by atoms with Gasteiger partial charge in [0.15, 0.2) is 0 Å². The van der Waals surface area contributed by atoms with Gasteiger partial charge in [0.2, 0.25) is 5.91 Å². The second kappa shape index (κ2) is 43.7. The number of hydrogen-bond acceptors (Lipinski definition) is 5. The van der Waals surface area contributed by atoms with E-state index in [1.54, 1.807) is 0 Å². The highest BCUT2D eigenvalue weighted by molar-refractivity contribution is 5.77. The molecule has 0 aliphatic rings. The minimum absolute atomic E-state index is 0.0809. The van der Waals surface area contributed by atoms with Crippen LogP contribution in [0.4, 0.5) is 0 Å². The van der Waals surface area contributed by atoms with Gasteiger partial charge in [-0.3, -0.25) is 9.59 Å². The number of unbranched alkanes of at least 4 members (excludes halogenated alkanes) is 30. The first-order valence-electron chi connectivity index (χ1n) is 24.4. The molecule has 0 fully saturated rings. The minimum atomic E-state index is -0.781. The molecule has 0 radical (unpaired) electrons. The number of allylic oxidation sites excluding steroid dienone is 2. The van der Waals surface area contributed by atoms with Crippen LogP contribution in [-0.2, 0) is 14.3 Å². The van der Waals surface area contributed by atoms with Crippen molar-refractivity contribution in [3.8, 4) is 0 Å². The minimum Gasteiger partial charge on any atom is -0.462 e. The summed E-state index contributed by atoms with van der Waals surface area (Å²) in [6.45, 7) is 6.44. The van der Waals surface area contributed by atoms with Gasteiger partial charge in [-0.05, 0) is 44.9 Å². The summed E-state index contributed by atoms with van der Waals surface area (Å²) in [7, 11) is 0. The van der Waals surface area contributed by atoms with Crippen LogP contribution in [0.3, 0.4) is 0 Å². The summed E-state index contributed by atoms with van der Waals surface area (Å²) in [6.07, 6.45) is 47.0. The van der Waals surface area contributed by atoms with E-state index in [9.17, 15) is 19.8 Å². The molecule has 0 rings (SSSR count). The zero-order valence-electron chi connectivity index (χ0n) is 37.1. The van der Waals surface area contributed by atoms with Gasteiger partial charge >= 0.3 is 5.97 Å². The third-order valence-corrected chi connectivity index (χ3v) is 11.3. The van der Waals surface area contributed by atoms with Gasteiger partial charge in [0.1, 0.15) is 6.10 Å². The van der Waals surface area contributed by atoms with Crippen LogP contribution in [0.1, 0.15) is 265 Å². The van der Waals surface area contributed by atoms with Gasteiger partial charge in [0.25, 0.3) is 0 Å². The number of hydrogen-bond donors (Lipinski definition) is 3. The Bertz CT molecular complexity index is 832. The van der Waals surface area contributed by atoms with E-state index >= 15 is 0 Å². The first-order chi connectivity index (χ1) is 27.0. The standard InChI is InChI=1S/C49H95NO5/c1-4-7-10-13-16-19-21-22-23-24-25-27-29-31-34-37-40-45(55-49(54)42-39-36-33-30-26-20-17-14-11-8-5-2)43-48(53)50-46(44-51)47(52)41-38-35-32-28-18-15-12-9-6-3/h14,17,45-47,51-52H,4-13,15-16,18-44H2,1-3H3,(H,50,53)/b17-14-. The molecule has 6 nitrogen and oxygen atoms in total. The molecule has 3 unspecified atom stereocenters. The van der Waals surface area contributed by atoms with Gasteiger partial charge in [0, 0.05) is 6.42 Å². The molecular weight excluding hydrogens is 683 g/mol. The van der Waals surface area contributed by atoms with Gasteiger partial charge in [-0.2, -0.15) is 0 Å². The molecule has 326 valence electrons. The Labute approximate surface area is 342 Å². The molecule has 0 spiro atoms. The van der Waals surface area contributed by atoms with Crippen LogP contribution in [0.25, 0.3) is 0 Å². The number of ether oxygens (including phenoxy) is 1. The lowest BCUT2D eigenvalue weighted by atomic mass is 10.0. The van der Waals surface area contributed by atoms with E-state index in [0.29, 0.717) is 19.3 Å². The summed E-state index contributed by atoms with van der Waals surface area (Å²) >= 11 is 0. The van der Waals surface area contributed by atoms with Crippen molar-refractivity contribution < 1.29 is 24.5 Å². The number of amides is 1. The maximum Gasteiger partial charge on any atom is 0.306 e. The van der Waals surface area contributed by atoms with Gasteiger partial charge in [0.05, 0.1) is 25.2 Å². The van der Waals surface area contributed by atoms with Gasteiger partial charge in [-0.15, -0.1) is 0 Å². The number of carbonyl (C=O) groups excluding carboxylic acids is 2. The van der Waals surface area contributed by atoms with E-state index in [4.69, 9.17) is 4.74 Å². The predicted molar refractivity (Wildman–Crippen MR) is 237 cm³/mol. The number of rotatable bonds is 44. The van der Waals surface area contributed by atoms with E-state index in [2.05, 4.69) is 38.2 Å². The average Bonchev–Trinajstić information content (AvgIpc) is 3.18. The van der Waals surface area contributed by atoms with Crippen molar-refractivity contribution in [2.75, 3.05) is 6.61 Å². The van der Waals surface area contributed by atoms with Crippen molar-refractivity contribution >= 4 is 11.9 Å². The molecule has 3 atom stereocenters. The largest absolute Gasteiger partial charge is 0.462 e. The zero-order chi connectivity index (χ0) is 40.3. The fraction of sp³-hybridized carbons (Fsp3) is 0.918. The molecule has 0 aliphatic carbocycles. The SMILES string of the molecule is CCCC/C=C\CCCCCCCC(=O)OC(CCCCCCCCCCCCCCCCCC)CC(=O)NC(CO)C(O)CCCCCCCCCCC. The Balaban J connectivity index is 4.54. The van der Waals surface area contributed by atoms with Crippen LogP contribution in [0.5, 0.6) is 0 Å². The van der Waals surface area contributed by atoms with E-state index < -0.39 is 18.2 Å². The number of aliphatic hydroxyl groups is 2. The molecule has 0 aliphatic heterocycles. The number of esters is 1. The number of carbonyl (C=O) groups is 2. The Kier molecular flexibility index (Phi) is 42.6. The molecule has 0 saturated heterocycles. The zero-order valence-corrected chi connectivity index (χ0v) is 37.1. The second-order valence-corrected chi connectivity index (χ2v) is 16.9. The Morgan fingerprint density at radius 3 is 1.35 bits per heavy atom. The lowest BCUT2D eigenvalue weighted by molar-refractivity contribution is -0.151. The van der Waals surface area contributed by atoms with Crippen LogP contribution in [0.15, 0.2) is 12.2 Å². The first-order valence-corrected chi connectivity index (χ1v) is 24.4. The smallest absolute Gasteiger partial charge is 0.306 e. The van der Waals surface area contributed by atoms with Crippen molar-refractivity contribution in [1.82, 2.24) is 5.32 Å². The van der Waals surface area contributed by atoms with Crippen LogP contribution in [-0.4, -0.2) is 46.9 Å². The van der Waals surface area contributed by atoms with Crippen molar-refractivity contribution in [1.29, 1.82) is 0 Å². The van der Waals surface area contributed by atoms with Crippen molar-refractivity contribution in [3.05, 3.63) is 12.2 Å². The fourth-order valence-corrected chi connectivity index (χ4v) is 7.59. The maximum absolute atomic E-state index is 13.1. The lowest BCUT2D eigenvalue weighted by Gasteiger charge is -2.24. The quantitative estimate of drug-likeness (QED) is 0.0325. The summed E-state index contributed by atoms with van der Waals surface area (Å²) in [5, 5.41) is 23.6. The van der Waals surface area contributed by atoms with Crippen molar-refractivity contribution in [2.24, 2.45) is 0 Å². The first kappa shape index (κ1) is 53.6. The molecule has 55 heavy (non-hydrogen) atoms. The van der Waals surface area contributed by atoms with Crippen molar-refractivity contribution in [3.63, 3.8) is 0 Å². The molecular formula is C49H95NO5. The van der Waals surface area contributed by atoms with Crippen LogP contribution in [0, 0.1) is 0 Å². The monoisotopic (exact) mass is 778 g/mol. The predicted octanol–water partition coefficient (Wildman–Crippen LogP) is 14.2. The molecule has 0 bridgehead atoms. The van der Waals surface area contributed by atoms with E-state index in [0.717, 1.165) is 57.8 Å². The Morgan fingerprint density at radius 2 is 0.891 bits per heavy atom. The summed E-state index contributed by atoms with van der Waals surface area (Å²) in [5.74, 6) is -0.472. The van der Waals surface area contributed by atoms with Gasteiger partial charge in [-0.1, -0.05) is 219 Å². The number of aliphatic hydroxyl groups excluding tert-OH is 2. The Morgan fingerprint density at radius 1 is 0.509 bits per heavy atom. The molecule has 1 amide bonds. The third-order valence-electron chi connectivity index (χ3n) is 11.3. The van der Waals surface area contributed by atoms with Crippen LogP contribution >= 0.6 is 0 Å². The number of nitrogens with one attached hydrogen (secondary N) is 1. The molecule has 6 heteroatoms. The molecule has 0 aromatic heterocycles. The molecule has 0 aromatic rings. The Hall–Kier alpha value is -1.40. The summed E-state index contributed by atoms with van der Waals surface area (Å²) in [4.78, 5) is 26.0. The normalized spacial score (nSPS) is 13.3. The average molecular weight is 778 g/mol. The summed E-state index contributed by atoms with van der Waals surface area (Å²) in [6, 6.07) is -0.694. The maximum atomic E-state index is 13.1. The summed E-state index contributed by atoms with van der Waals surface area (Å²) < 4.78 is 5.91. The van der Waals surface area contributed by atoms with Crippen LogP contribution < -0.4 is 5.32 Å². The highest BCUT2D eigenvalue weighted by Gasteiger charge is 2.24. The molecule has 0 aromatic carbocycles.